The summed E-state index contributed by atoms with van der Waals surface area (Å²) in [6, 6.07) is 4.09. The van der Waals surface area contributed by atoms with Crippen molar-refractivity contribution in [2.24, 2.45) is 0 Å². The summed E-state index contributed by atoms with van der Waals surface area (Å²) in [5, 5.41) is 9.03. The van der Waals surface area contributed by atoms with Gasteiger partial charge in [-0.2, -0.15) is 0 Å². The Labute approximate surface area is 113 Å². The molecule has 0 aliphatic carbocycles. The van der Waals surface area contributed by atoms with Crippen LogP contribution in [0.5, 0.6) is 5.75 Å². The predicted octanol–water partition coefficient (Wildman–Crippen LogP) is 0.501. The van der Waals surface area contributed by atoms with Crippen LogP contribution in [0.25, 0.3) is 0 Å². The van der Waals surface area contributed by atoms with Gasteiger partial charge in [-0.15, -0.1) is 0 Å². The molecule has 108 valence electrons. The van der Waals surface area contributed by atoms with Crippen molar-refractivity contribution in [3.63, 3.8) is 0 Å². The van der Waals surface area contributed by atoms with Gasteiger partial charge in [-0.3, -0.25) is 0 Å². The van der Waals surface area contributed by atoms with Gasteiger partial charge in [-0.25, -0.2) is 13.1 Å². The summed E-state index contributed by atoms with van der Waals surface area (Å²) in [7, 11) is -0.802. The first kappa shape index (κ1) is 15.9. The van der Waals surface area contributed by atoms with Gasteiger partial charge in [-0.05, 0) is 24.6 Å². The Hall–Kier alpha value is -1.15. The Balaban J connectivity index is 3.07. The van der Waals surface area contributed by atoms with Crippen LogP contribution in [0.2, 0.25) is 0 Å². The van der Waals surface area contributed by atoms with Gasteiger partial charge in [0.2, 0.25) is 10.0 Å². The number of aliphatic hydroxyl groups is 1. The third kappa shape index (κ3) is 4.17. The highest BCUT2D eigenvalue weighted by molar-refractivity contribution is 7.89. The molecule has 0 aliphatic heterocycles. The highest BCUT2D eigenvalue weighted by atomic mass is 32.2. The minimum atomic E-state index is -3.69. The third-order valence-corrected chi connectivity index (χ3v) is 4.10. The molecule has 0 aliphatic rings. The molecule has 0 radical (unpaired) electrons. The Morgan fingerprint density at radius 3 is 2.58 bits per heavy atom. The lowest BCUT2D eigenvalue weighted by Crippen LogP contribution is -2.35. The van der Waals surface area contributed by atoms with E-state index in [2.05, 4.69) is 4.72 Å². The zero-order chi connectivity index (χ0) is 14.5. The Bertz CT molecular complexity index is 515. The van der Waals surface area contributed by atoms with E-state index in [-0.39, 0.29) is 29.9 Å². The maximum Gasteiger partial charge on any atom is 0.244 e. The molecule has 7 heteroatoms. The first-order valence-electron chi connectivity index (χ1n) is 5.73. The van der Waals surface area contributed by atoms with E-state index in [1.165, 1.54) is 32.4 Å². The summed E-state index contributed by atoms with van der Waals surface area (Å²) in [5.41, 5.74) is 0.584. The molecule has 1 unspecified atom stereocenters. The first-order valence-corrected chi connectivity index (χ1v) is 7.22. The second-order valence-electron chi connectivity index (χ2n) is 4.12. The van der Waals surface area contributed by atoms with Gasteiger partial charge in [-0.1, -0.05) is 6.07 Å². The van der Waals surface area contributed by atoms with Crippen LogP contribution >= 0.6 is 0 Å². The molecule has 1 aromatic carbocycles. The molecular weight excluding hydrogens is 270 g/mol. The molecule has 0 bridgehead atoms. The fourth-order valence-corrected chi connectivity index (χ4v) is 3.02. The van der Waals surface area contributed by atoms with Gasteiger partial charge >= 0.3 is 0 Å². The van der Waals surface area contributed by atoms with Crippen molar-refractivity contribution in [1.29, 1.82) is 0 Å². The lowest BCUT2D eigenvalue weighted by atomic mass is 10.2. The maximum absolute atomic E-state index is 12.2. The van der Waals surface area contributed by atoms with Crippen LogP contribution in [-0.2, 0) is 21.4 Å². The second-order valence-corrected chi connectivity index (χ2v) is 5.80. The average Bonchev–Trinajstić information content (AvgIpc) is 2.37. The van der Waals surface area contributed by atoms with E-state index < -0.39 is 10.0 Å². The maximum atomic E-state index is 12.2. The smallest absolute Gasteiger partial charge is 0.244 e. The number of benzene rings is 1. The van der Waals surface area contributed by atoms with Crippen LogP contribution in [0.15, 0.2) is 23.1 Å². The van der Waals surface area contributed by atoms with E-state index in [1.807, 2.05) is 0 Å². The van der Waals surface area contributed by atoms with Gasteiger partial charge in [0.25, 0.3) is 0 Å². The average molecular weight is 289 g/mol. The standard InChI is InChI=1S/C12H19NO5S/c1-9(8-17-2)13-19(15,16)12-5-4-10(7-14)6-11(12)18-3/h4-6,9,13-14H,7-8H2,1-3H3. The Kier molecular flexibility index (Phi) is 5.74. The lowest BCUT2D eigenvalue weighted by molar-refractivity contribution is 0.180. The van der Waals surface area contributed by atoms with Crippen LogP contribution in [0.4, 0.5) is 0 Å². The van der Waals surface area contributed by atoms with Crippen molar-refractivity contribution in [1.82, 2.24) is 4.72 Å². The van der Waals surface area contributed by atoms with E-state index in [0.717, 1.165) is 0 Å². The van der Waals surface area contributed by atoms with Crippen LogP contribution in [-0.4, -0.2) is 40.4 Å². The van der Waals surface area contributed by atoms with Crippen molar-refractivity contribution in [3.05, 3.63) is 23.8 Å². The molecule has 1 aromatic rings. The predicted molar refractivity (Wildman–Crippen MR) is 70.6 cm³/mol. The van der Waals surface area contributed by atoms with Gasteiger partial charge in [0.1, 0.15) is 10.6 Å². The molecule has 0 heterocycles. The van der Waals surface area contributed by atoms with Crippen molar-refractivity contribution in [2.75, 3.05) is 20.8 Å². The summed E-state index contributed by atoms with van der Waals surface area (Å²) in [4.78, 5) is 0.0372. The summed E-state index contributed by atoms with van der Waals surface area (Å²) in [5.74, 6) is 0.198. The number of rotatable bonds is 7. The molecule has 6 nitrogen and oxygen atoms in total. The highest BCUT2D eigenvalue weighted by Crippen LogP contribution is 2.25. The van der Waals surface area contributed by atoms with Crippen LogP contribution in [0.3, 0.4) is 0 Å². The van der Waals surface area contributed by atoms with Gasteiger partial charge in [0, 0.05) is 13.2 Å². The van der Waals surface area contributed by atoms with E-state index in [4.69, 9.17) is 14.6 Å². The lowest BCUT2D eigenvalue weighted by Gasteiger charge is -2.15. The van der Waals surface area contributed by atoms with Crippen molar-refractivity contribution < 1.29 is 23.0 Å². The van der Waals surface area contributed by atoms with E-state index >= 15 is 0 Å². The molecule has 2 N–H and O–H groups in total. The van der Waals surface area contributed by atoms with Crippen LogP contribution in [0, 0.1) is 0 Å². The number of nitrogens with one attached hydrogen (secondary N) is 1. The Morgan fingerprint density at radius 2 is 2.05 bits per heavy atom. The number of sulfonamides is 1. The van der Waals surface area contributed by atoms with Gasteiger partial charge < -0.3 is 14.6 Å². The number of hydrogen-bond acceptors (Lipinski definition) is 5. The largest absolute Gasteiger partial charge is 0.495 e. The molecule has 0 saturated heterocycles. The monoisotopic (exact) mass is 289 g/mol. The Morgan fingerprint density at radius 1 is 1.37 bits per heavy atom. The third-order valence-electron chi connectivity index (χ3n) is 2.47. The molecule has 0 spiro atoms. The number of aliphatic hydroxyl groups excluding tert-OH is 1. The molecular formula is C12H19NO5S. The van der Waals surface area contributed by atoms with Gasteiger partial charge in [0.05, 0.1) is 20.3 Å². The minimum Gasteiger partial charge on any atom is -0.495 e. The number of ether oxygens (including phenoxy) is 2. The first-order chi connectivity index (χ1) is 8.94. The summed E-state index contributed by atoms with van der Waals surface area (Å²) in [6.45, 7) is 1.80. The molecule has 1 rings (SSSR count). The zero-order valence-electron chi connectivity index (χ0n) is 11.2. The molecule has 19 heavy (non-hydrogen) atoms. The summed E-state index contributed by atoms with van der Waals surface area (Å²) < 4.78 is 36.8. The topological polar surface area (TPSA) is 84.9 Å². The van der Waals surface area contributed by atoms with Crippen molar-refractivity contribution in [3.8, 4) is 5.75 Å². The molecule has 0 aromatic heterocycles. The highest BCUT2D eigenvalue weighted by Gasteiger charge is 2.21. The molecule has 0 saturated carbocycles. The SMILES string of the molecule is COCC(C)NS(=O)(=O)c1ccc(CO)cc1OC. The van der Waals surface area contributed by atoms with Crippen LogP contribution < -0.4 is 9.46 Å². The molecule has 1 atom stereocenters. The number of methoxy groups -OCH3 is 2. The molecule has 0 amide bonds. The number of hydrogen-bond donors (Lipinski definition) is 2. The minimum absolute atomic E-state index is 0.0372. The normalized spacial score (nSPS) is 13.3. The van der Waals surface area contributed by atoms with Crippen molar-refractivity contribution >= 4 is 10.0 Å². The second kappa shape index (κ2) is 6.85. The van der Waals surface area contributed by atoms with E-state index in [1.54, 1.807) is 6.92 Å². The fourth-order valence-electron chi connectivity index (χ4n) is 1.64. The summed E-state index contributed by atoms with van der Waals surface area (Å²) in [6.07, 6.45) is 0. The van der Waals surface area contributed by atoms with Crippen molar-refractivity contribution in [2.45, 2.75) is 24.5 Å². The zero-order valence-corrected chi connectivity index (χ0v) is 12.0. The fraction of sp³-hybridized carbons (Fsp3) is 0.500. The van der Waals surface area contributed by atoms with Crippen LogP contribution in [0.1, 0.15) is 12.5 Å². The van der Waals surface area contributed by atoms with E-state index in [0.29, 0.717) is 5.56 Å². The quantitative estimate of drug-likeness (QED) is 0.763. The van der Waals surface area contributed by atoms with Gasteiger partial charge in [0.15, 0.2) is 0 Å². The molecule has 0 fully saturated rings. The van der Waals surface area contributed by atoms with E-state index in [9.17, 15) is 8.42 Å². The summed E-state index contributed by atoms with van der Waals surface area (Å²) >= 11 is 0.